The molecule has 0 fully saturated rings. The number of nitrogens with two attached hydrogens (primary N) is 1. The zero-order valence-electron chi connectivity index (χ0n) is 5.66. The highest BCUT2D eigenvalue weighted by atomic mass is 19.3. The van der Waals surface area contributed by atoms with E-state index >= 15 is 0 Å². The SMILES string of the molecule is Cn1nc(N)nc1OC(F)F. The van der Waals surface area contributed by atoms with Crippen LogP contribution in [0.1, 0.15) is 0 Å². The number of alkyl halides is 2. The number of hydrogen-bond donors (Lipinski definition) is 1. The first kappa shape index (κ1) is 7.70. The van der Waals surface area contributed by atoms with E-state index in [0.717, 1.165) is 4.68 Å². The normalized spacial score (nSPS) is 10.5. The van der Waals surface area contributed by atoms with Crippen LogP contribution in [0.15, 0.2) is 0 Å². The molecule has 1 aromatic heterocycles. The molecule has 0 aromatic carbocycles. The summed E-state index contributed by atoms with van der Waals surface area (Å²) in [6.45, 7) is -2.91. The third-order valence-corrected chi connectivity index (χ3v) is 0.934. The fourth-order valence-corrected chi connectivity index (χ4v) is 0.571. The maximum Gasteiger partial charge on any atom is 0.389 e. The Morgan fingerprint density at radius 1 is 1.64 bits per heavy atom. The van der Waals surface area contributed by atoms with E-state index in [0.29, 0.717) is 0 Å². The summed E-state index contributed by atoms with van der Waals surface area (Å²) in [5.74, 6) is -0.0943. The number of anilines is 1. The van der Waals surface area contributed by atoms with Crippen LogP contribution in [0.2, 0.25) is 0 Å². The van der Waals surface area contributed by atoms with Gasteiger partial charge in [-0.1, -0.05) is 0 Å². The number of ether oxygens (including phenoxy) is 1. The molecule has 5 nitrogen and oxygen atoms in total. The summed E-state index contributed by atoms with van der Waals surface area (Å²) in [4.78, 5) is 3.38. The van der Waals surface area contributed by atoms with Crippen molar-refractivity contribution in [1.29, 1.82) is 0 Å². The number of halogens is 2. The molecule has 0 radical (unpaired) electrons. The zero-order chi connectivity index (χ0) is 8.43. The molecule has 0 saturated heterocycles. The molecular weight excluding hydrogens is 158 g/mol. The van der Waals surface area contributed by atoms with Crippen molar-refractivity contribution >= 4 is 5.95 Å². The Bertz CT molecular complexity index is 248. The van der Waals surface area contributed by atoms with Crippen LogP contribution in [0.5, 0.6) is 6.01 Å². The molecule has 0 amide bonds. The quantitative estimate of drug-likeness (QED) is 0.668. The largest absolute Gasteiger partial charge is 0.401 e. The van der Waals surface area contributed by atoms with Crippen molar-refractivity contribution in [3.8, 4) is 6.01 Å². The van der Waals surface area contributed by atoms with Crippen molar-refractivity contribution in [2.24, 2.45) is 7.05 Å². The van der Waals surface area contributed by atoms with Gasteiger partial charge in [0.1, 0.15) is 0 Å². The molecule has 11 heavy (non-hydrogen) atoms. The van der Waals surface area contributed by atoms with Gasteiger partial charge in [-0.3, -0.25) is 0 Å². The maximum absolute atomic E-state index is 11.6. The Hall–Kier alpha value is -1.40. The Labute approximate surface area is 60.8 Å². The fourth-order valence-electron chi connectivity index (χ4n) is 0.571. The van der Waals surface area contributed by atoms with Crippen molar-refractivity contribution in [1.82, 2.24) is 14.8 Å². The van der Waals surface area contributed by atoms with Crippen molar-refractivity contribution in [2.75, 3.05) is 5.73 Å². The van der Waals surface area contributed by atoms with Gasteiger partial charge in [-0.2, -0.15) is 13.8 Å². The summed E-state index contributed by atoms with van der Waals surface area (Å²) in [5, 5.41) is 3.49. The van der Waals surface area contributed by atoms with E-state index in [-0.39, 0.29) is 12.0 Å². The Morgan fingerprint density at radius 2 is 2.27 bits per heavy atom. The van der Waals surface area contributed by atoms with Crippen LogP contribution >= 0.6 is 0 Å². The molecule has 0 saturated carbocycles. The number of rotatable bonds is 2. The van der Waals surface area contributed by atoms with Crippen molar-refractivity contribution in [3.63, 3.8) is 0 Å². The molecule has 1 heterocycles. The minimum absolute atomic E-state index is 0.0943. The fraction of sp³-hybridized carbons (Fsp3) is 0.500. The van der Waals surface area contributed by atoms with Gasteiger partial charge in [0.15, 0.2) is 0 Å². The Morgan fingerprint density at radius 3 is 2.64 bits per heavy atom. The lowest BCUT2D eigenvalue weighted by molar-refractivity contribution is -0.0583. The predicted octanol–water partition coefficient (Wildman–Crippen LogP) is -0.00130. The topological polar surface area (TPSA) is 66.0 Å². The van der Waals surface area contributed by atoms with Crippen LogP contribution in [0, 0.1) is 0 Å². The zero-order valence-corrected chi connectivity index (χ0v) is 5.66. The van der Waals surface area contributed by atoms with Gasteiger partial charge in [-0.25, -0.2) is 4.68 Å². The van der Waals surface area contributed by atoms with E-state index in [1.165, 1.54) is 7.05 Å². The number of aryl methyl sites for hydroxylation is 1. The summed E-state index contributed by atoms with van der Waals surface area (Å²) >= 11 is 0. The van der Waals surface area contributed by atoms with Gasteiger partial charge in [0.25, 0.3) is 0 Å². The molecule has 0 unspecified atom stereocenters. The van der Waals surface area contributed by atoms with Gasteiger partial charge >= 0.3 is 12.6 Å². The van der Waals surface area contributed by atoms with Gasteiger partial charge in [-0.15, -0.1) is 5.10 Å². The number of nitrogens with zero attached hydrogens (tertiary/aromatic N) is 3. The highest BCUT2D eigenvalue weighted by molar-refractivity contribution is 5.16. The van der Waals surface area contributed by atoms with Crippen LogP contribution in [-0.4, -0.2) is 21.4 Å². The molecular formula is C4H6F2N4O. The first-order valence-corrected chi connectivity index (χ1v) is 2.71. The number of hydrogen-bond acceptors (Lipinski definition) is 4. The van der Waals surface area contributed by atoms with Gasteiger partial charge in [-0.05, 0) is 0 Å². The van der Waals surface area contributed by atoms with Crippen molar-refractivity contribution in [2.45, 2.75) is 6.61 Å². The Balaban J connectivity index is 2.77. The molecule has 0 spiro atoms. The first-order valence-electron chi connectivity index (χ1n) is 2.71. The van der Waals surface area contributed by atoms with E-state index < -0.39 is 6.61 Å². The maximum atomic E-state index is 11.6. The van der Waals surface area contributed by atoms with Crippen LogP contribution in [0.3, 0.4) is 0 Å². The highest BCUT2D eigenvalue weighted by Crippen LogP contribution is 2.09. The van der Waals surface area contributed by atoms with Crippen molar-refractivity contribution < 1.29 is 13.5 Å². The van der Waals surface area contributed by atoms with Crippen LogP contribution in [-0.2, 0) is 7.05 Å². The molecule has 0 aliphatic carbocycles. The third-order valence-electron chi connectivity index (χ3n) is 0.934. The lowest BCUT2D eigenvalue weighted by atomic mass is 11.0. The van der Waals surface area contributed by atoms with Crippen LogP contribution < -0.4 is 10.5 Å². The van der Waals surface area contributed by atoms with Gasteiger partial charge in [0.05, 0.1) is 0 Å². The number of aromatic nitrogens is 3. The highest BCUT2D eigenvalue weighted by Gasteiger charge is 2.10. The van der Waals surface area contributed by atoms with E-state index in [2.05, 4.69) is 14.8 Å². The van der Waals surface area contributed by atoms with Gasteiger partial charge < -0.3 is 10.5 Å². The van der Waals surface area contributed by atoms with Gasteiger partial charge in [0.2, 0.25) is 5.95 Å². The summed E-state index contributed by atoms with van der Waals surface area (Å²) in [6, 6.07) is -0.294. The van der Waals surface area contributed by atoms with Crippen LogP contribution in [0.25, 0.3) is 0 Å². The van der Waals surface area contributed by atoms with Crippen LogP contribution in [0.4, 0.5) is 14.7 Å². The van der Waals surface area contributed by atoms with E-state index in [1.807, 2.05) is 0 Å². The summed E-state index contributed by atoms with van der Waals surface area (Å²) in [7, 11) is 1.40. The first-order chi connectivity index (χ1) is 5.09. The molecule has 62 valence electrons. The third kappa shape index (κ3) is 1.76. The molecule has 2 N–H and O–H groups in total. The van der Waals surface area contributed by atoms with E-state index in [9.17, 15) is 8.78 Å². The molecule has 1 aromatic rings. The second kappa shape index (κ2) is 2.69. The number of nitrogen functional groups attached to an aromatic ring is 1. The van der Waals surface area contributed by atoms with Gasteiger partial charge in [0, 0.05) is 7.05 Å². The lowest BCUT2D eigenvalue weighted by Crippen LogP contribution is -2.06. The average molecular weight is 164 g/mol. The minimum atomic E-state index is -2.91. The smallest absolute Gasteiger partial charge is 0.389 e. The minimum Gasteiger partial charge on any atom is -0.401 e. The molecule has 1 rings (SSSR count). The van der Waals surface area contributed by atoms with Crippen molar-refractivity contribution in [3.05, 3.63) is 0 Å². The molecule has 7 heteroatoms. The summed E-state index contributed by atoms with van der Waals surface area (Å²) < 4.78 is 28.1. The average Bonchev–Trinajstić information content (AvgIpc) is 2.09. The molecule has 0 atom stereocenters. The standard InChI is InChI=1S/C4H6F2N4O/c1-10-4(11-2(5)6)8-3(7)9-10/h2H,1H3,(H2,7,9). The Kier molecular flexibility index (Phi) is 1.88. The monoisotopic (exact) mass is 164 g/mol. The molecule has 0 bridgehead atoms. The second-order valence-electron chi connectivity index (χ2n) is 1.75. The lowest BCUT2D eigenvalue weighted by Gasteiger charge is -1.99. The summed E-state index contributed by atoms with van der Waals surface area (Å²) in [6.07, 6.45) is 0. The molecule has 0 aliphatic heterocycles. The molecule has 0 aliphatic rings. The van der Waals surface area contributed by atoms with E-state index in [4.69, 9.17) is 5.73 Å². The second-order valence-corrected chi connectivity index (χ2v) is 1.75. The van der Waals surface area contributed by atoms with E-state index in [1.54, 1.807) is 0 Å². The predicted molar refractivity (Wildman–Crippen MR) is 32.0 cm³/mol. The summed E-state index contributed by atoms with van der Waals surface area (Å²) in [5.41, 5.74) is 5.09.